The Balaban J connectivity index is 2.05. The topological polar surface area (TPSA) is 40.5 Å². The van der Waals surface area contributed by atoms with Crippen molar-refractivity contribution >= 4 is 0 Å². The van der Waals surface area contributed by atoms with Gasteiger partial charge in [-0.1, -0.05) is 23.8 Å². The van der Waals surface area contributed by atoms with Gasteiger partial charge in [-0.2, -0.15) is 0 Å². The molecule has 2 nitrogen and oxygen atoms in total. The SMILES string of the molecule is Oc1ccc(CC2=CC(O)CCC2)cc1. The second-order valence-corrected chi connectivity index (χ2v) is 4.13. The van der Waals surface area contributed by atoms with Crippen LogP contribution in [0.15, 0.2) is 35.9 Å². The highest BCUT2D eigenvalue weighted by Crippen LogP contribution is 2.22. The number of phenols is 1. The Morgan fingerprint density at radius 3 is 2.60 bits per heavy atom. The maximum absolute atomic E-state index is 9.49. The zero-order chi connectivity index (χ0) is 10.7. The molecule has 0 spiro atoms. The average Bonchev–Trinajstić information content (AvgIpc) is 2.22. The smallest absolute Gasteiger partial charge is 0.115 e. The molecule has 2 heteroatoms. The van der Waals surface area contributed by atoms with Gasteiger partial charge in [-0.3, -0.25) is 0 Å². The zero-order valence-electron chi connectivity index (χ0n) is 8.69. The molecule has 2 rings (SSSR count). The summed E-state index contributed by atoms with van der Waals surface area (Å²) in [6.45, 7) is 0. The zero-order valence-corrected chi connectivity index (χ0v) is 8.69. The number of benzene rings is 1. The van der Waals surface area contributed by atoms with E-state index >= 15 is 0 Å². The highest BCUT2D eigenvalue weighted by Gasteiger charge is 2.10. The molecule has 1 aliphatic carbocycles. The molecule has 1 unspecified atom stereocenters. The van der Waals surface area contributed by atoms with E-state index in [9.17, 15) is 5.11 Å². The standard InChI is InChI=1S/C13H16O2/c14-12-6-4-10(5-7-12)8-11-2-1-3-13(15)9-11/h4-7,9,13-15H,1-3,8H2. The summed E-state index contributed by atoms with van der Waals surface area (Å²) in [5.74, 6) is 0.302. The van der Waals surface area contributed by atoms with Gasteiger partial charge in [-0.15, -0.1) is 0 Å². The first-order valence-corrected chi connectivity index (χ1v) is 5.39. The summed E-state index contributed by atoms with van der Waals surface area (Å²) in [4.78, 5) is 0. The lowest BCUT2D eigenvalue weighted by molar-refractivity contribution is 0.202. The van der Waals surface area contributed by atoms with Gasteiger partial charge in [-0.25, -0.2) is 0 Å². The Hall–Kier alpha value is -1.28. The van der Waals surface area contributed by atoms with Crippen LogP contribution < -0.4 is 0 Å². The van der Waals surface area contributed by atoms with Crippen molar-refractivity contribution in [3.8, 4) is 5.75 Å². The van der Waals surface area contributed by atoms with Crippen LogP contribution >= 0.6 is 0 Å². The molecular formula is C13H16O2. The molecule has 0 radical (unpaired) electrons. The third-order valence-corrected chi connectivity index (χ3v) is 2.79. The molecule has 0 saturated heterocycles. The fourth-order valence-electron chi connectivity index (χ4n) is 2.00. The molecule has 1 atom stereocenters. The molecule has 0 bridgehead atoms. The minimum Gasteiger partial charge on any atom is -0.508 e. The van der Waals surface area contributed by atoms with Crippen molar-refractivity contribution in [2.24, 2.45) is 0 Å². The lowest BCUT2D eigenvalue weighted by atomic mass is 9.93. The van der Waals surface area contributed by atoms with Gasteiger partial charge in [0.05, 0.1) is 6.10 Å². The Bertz CT molecular complexity index is 351. The van der Waals surface area contributed by atoms with Gasteiger partial charge in [0.15, 0.2) is 0 Å². The van der Waals surface area contributed by atoms with Crippen molar-refractivity contribution in [2.75, 3.05) is 0 Å². The molecule has 0 aliphatic heterocycles. The summed E-state index contributed by atoms with van der Waals surface area (Å²) in [5, 5.41) is 18.6. The largest absolute Gasteiger partial charge is 0.508 e. The van der Waals surface area contributed by atoms with E-state index in [1.807, 2.05) is 18.2 Å². The number of aliphatic hydroxyl groups is 1. The predicted octanol–water partition coefficient (Wildman–Crippen LogP) is 2.41. The number of allylic oxidation sites excluding steroid dienone is 1. The number of aliphatic hydroxyl groups excluding tert-OH is 1. The minimum absolute atomic E-state index is 0.258. The van der Waals surface area contributed by atoms with Gasteiger partial charge < -0.3 is 10.2 Å². The monoisotopic (exact) mass is 204 g/mol. The summed E-state index contributed by atoms with van der Waals surface area (Å²) in [7, 11) is 0. The fourth-order valence-corrected chi connectivity index (χ4v) is 2.00. The number of rotatable bonds is 2. The molecule has 1 aliphatic rings. The van der Waals surface area contributed by atoms with Gasteiger partial charge in [0.2, 0.25) is 0 Å². The van der Waals surface area contributed by atoms with E-state index in [-0.39, 0.29) is 6.10 Å². The summed E-state index contributed by atoms with van der Waals surface area (Å²) in [6, 6.07) is 7.26. The Labute approximate surface area is 89.9 Å². The van der Waals surface area contributed by atoms with Crippen molar-refractivity contribution in [2.45, 2.75) is 31.8 Å². The van der Waals surface area contributed by atoms with Crippen LogP contribution in [0.25, 0.3) is 0 Å². The number of hydrogen-bond donors (Lipinski definition) is 2. The fraction of sp³-hybridized carbons (Fsp3) is 0.385. The van der Waals surface area contributed by atoms with Crippen LogP contribution in [0.3, 0.4) is 0 Å². The van der Waals surface area contributed by atoms with Crippen molar-refractivity contribution < 1.29 is 10.2 Å². The third kappa shape index (κ3) is 2.83. The maximum Gasteiger partial charge on any atom is 0.115 e. The summed E-state index contributed by atoms with van der Waals surface area (Å²) in [6.07, 6.45) is 5.64. The second-order valence-electron chi connectivity index (χ2n) is 4.13. The molecule has 0 fully saturated rings. The second kappa shape index (κ2) is 4.49. The van der Waals surface area contributed by atoms with E-state index in [0.717, 1.165) is 25.7 Å². The van der Waals surface area contributed by atoms with Crippen LogP contribution in [0, 0.1) is 0 Å². The number of hydrogen-bond acceptors (Lipinski definition) is 2. The lowest BCUT2D eigenvalue weighted by Gasteiger charge is -2.17. The van der Waals surface area contributed by atoms with Crippen LogP contribution in [0.2, 0.25) is 0 Å². The summed E-state index contributed by atoms with van der Waals surface area (Å²) < 4.78 is 0. The van der Waals surface area contributed by atoms with Gasteiger partial charge in [0, 0.05) is 0 Å². The Kier molecular flexibility index (Phi) is 3.07. The molecule has 15 heavy (non-hydrogen) atoms. The first-order chi connectivity index (χ1) is 7.24. The summed E-state index contributed by atoms with van der Waals surface area (Å²) in [5.41, 5.74) is 2.49. The Morgan fingerprint density at radius 2 is 1.93 bits per heavy atom. The van der Waals surface area contributed by atoms with Crippen molar-refractivity contribution in [1.82, 2.24) is 0 Å². The highest BCUT2D eigenvalue weighted by molar-refractivity contribution is 5.29. The maximum atomic E-state index is 9.49. The Morgan fingerprint density at radius 1 is 1.20 bits per heavy atom. The minimum atomic E-state index is -0.258. The molecule has 0 heterocycles. The van der Waals surface area contributed by atoms with Gasteiger partial charge in [-0.05, 0) is 43.4 Å². The van der Waals surface area contributed by atoms with Crippen LogP contribution in [-0.4, -0.2) is 16.3 Å². The van der Waals surface area contributed by atoms with Crippen molar-refractivity contribution in [1.29, 1.82) is 0 Å². The first-order valence-electron chi connectivity index (χ1n) is 5.39. The average molecular weight is 204 g/mol. The molecule has 1 aromatic carbocycles. The van der Waals surface area contributed by atoms with Gasteiger partial charge in [0.1, 0.15) is 5.75 Å². The first kappa shape index (κ1) is 10.2. The predicted molar refractivity (Wildman–Crippen MR) is 59.8 cm³/mol. The summed E-state index contributed by atoms with van der Waals surface area (Å²) >= 11 is 0. The molecular weight excluding hydrogens is 188 g/mol. The lowest BCUT2D eigenvalue weighted by Crippen LogP contribution is -2.10. The molecule has 2 N–H and O–H groups in total. The molecule has 0 aromatic heterocycles. The van der Waals surface area contributed by atoms with Crippen molar-refractivity contribution in [3.63, 3.8) is 0 Å². The third-order valence-electron chi connectivity index (χ3n) is 2.79. The van der Waals surface area contributed by atoms with E-state index in [1.54, 1.807) is 12.1 Å². The van der Waals surface area contributed by atoms with Crippen LogP contribution in [0.1, 0.15) is 24.8 Å². The molecule has 80 valence electrons. The highest BCUT2D eigenvalue weighted by atomic mass is 16.3. The van der Waals surface area contributed by atoms with Gasteiger partial charge >= 0.3 is 0 Å². The van der Waals surface area contributed by atoms with E-state index < -0.39 is 0 Å². The van der Waals surface area contributed by atoms with E-state index in [0.29, 0.717) is 5.75 Å². The molecule has 0 saturated carbocycles. The van der Waals surface area contributed by atoms with E-state index in [4.69, 9.17) is 5.11 Å². The van der Waals surface area contributed by atoms with Gasteiger partial charge in [0.25, 0.3) is 0 Å². The van der Waals surface area contributed by atoms with Crippen molar-refractivity contribution in [3.05, 3.63) is 41.5 Å². The van der Waals surface area contributed by atoms with E-state index in [2.05, 4.69) is 0 Å². The number of aromatic hydroxyl groups is 1. The quantitative estimate of drug-likeness (QED) is 0.726. The van der Waals surface area contributed by atoms with Crippen LogP contribution in [0.4, 0.5) is 0 Å². The molecule has 1 aromatic rings. The number of phenolic OH excluding ortho intramolecular Hbond substituents is 1. The normalized spacial score (nSPS) is 21.1. The van der Waals surface area contributed by atoms with Crippen LogP contribution in [0.5, 0.6) is 5.75 Å². The van der Waals surface area contributed by atoms with E-state index in [1.165, 1.54) is 11.1 Å². The van der Waals surface area contributed by atoms with Crippen LogP contribution in [-0.2, 0) is 6.42 Å². The molecule has 0 amide bonds.